The van der Waals surface area contributed by atoms with E-state index in [0.717, 1.165) is 25.7 Å². The Hall–Kier alpha value is -0.570. The summed E-state index contributed by atoms with van der Waals surface area (Å²) in [5.74, 6) is 0.189. The van der Waals surface area contributed by atoms with Crippen LogP contribution in [0.4, 0.5) is 0 Å². The van der Waals surface area contributed by atoms with Crippen molar-refractivity contribution >= 4 is 5.91 Å². The van der Waals surface area contributed by atoms with Gasteiger partial charge in [-0.05, 0) is 19.3 Å². The number of carbonyl (C=O) groups excluding carboxylic acids is 1. The molecule has 0 aromatic heterocycles. The first-order valence-corrected chi connectivity index (χ1v) is 5.60. The van der Waals surface area contributed by atoms with Crippen LogP contribution in [0.3, 0.4) is 0 Å². The van der Waals surface area contributed by atoms with Crippen LogP contribution in [0.15, 0.2) is 0 Å². The average Bonchev–Trinajstić information content (AvgIpc) is 2.98. The van der Waals surface area contributed by atoms with E-state index >= 15 is 0 Å². The van der Waals surface area contributed by atoms with Crippen LogP contribution < -0.4 is 5.73 Å². The van der Waals surface area contributed by atoms with Crippen molar-refractivity contribution in [3.8, 4) is 0 Å². The van der Waals surface area contributed by atoms with Gasteiger partial charge in [0.1, 0.15) is 0 Å². The lowest BCUT2D eigenvalue weighted by Crippen LogP contribution is -2.42. The SMILES string of the molecule is CCC[C@H](N)C(C)C(=O)N(C)C1CC1. The first-order chi connectivity index (χ1) is 6.57. The lowest BCUT2D eigenvalue weighted by molar-refractivity contribution is -0.134. The van der Waals surface area contributed by atoms with Crippen LogP contribution in [-0.4, -0.2) is 29.9 Å². The highest BCUT2D eigenvalue weighted by molar-refractivity contribution is 5.79. The van der Waals surface area contributed by atoms with Crippen molar-refractivity contribution in [1.29, 1.82) is 0 Å². The van der Waals surface area contributed by atoms with Gasteiger partial charge < -0.3 is 10.6 Å². The molecule has 1 aliphatic rings. The number of hydrogen-bond donors (Lipinski definition) is 1. The number of amides is 1. The van der Waals surface area contributed by atoms with E-state index in [1.807, 2.05) is 18.9 Å². The summed E-state index contributed by atoms with van der Waals surface area (Å²) in [5, 5.41) is 0. The smallest absolute Gasteiger partial charge is 0.226 e. The van der Waals surface area contributed by atoms with Crippen molar-refractivity contribution in [3.05, 3.63) is 0 Å². The maximum atomic E-state index is 11.9. The Kier molecular flexibility index (Phi) is 3.93. The van der Waals surface area contributed by atoms with Crippen LogP contribution in [0.5, 0.6) is 0 Å². The third-order valence-electron chi connectivity index (χ3n) is 3.10. The Morgan fingerprint density at radius 2 is 2.14 bits per heavy atom. The largest absolute Gasteiger partial charge is 0.342 e. The van der Waals surface area contributed by atoms with E-state index in [2.05, 4.69) is 6.92 Å². The van der Waals surface area contributed by atoms with Gasteiger partial charge in [-0.3, -0.25) is 4.79 Å². The highest BCUT2D eigenvalue weighted by atomic mass is 16.2. The highest BCUT2D eigenvalue weighted by Crippen LogP contribution is 2.27. The second-order valence-electron chi connectivity index (χ2n) is 4.42. The molecule has 1 rings (SSSR count). The maximum Gasteiger partial charge on any atom is 0.226 e. The van der Waals surface area contributed by atoms with Gasteiger partial charge in [0.05, 0.1) is 5.92 Å². The standard InChI is InChI=1S/C11H22N2O/c1-4-5-10(12)8(2)11(14)13(3)9-6-7-9/h8-10H,4-7,12H2,1-3H3/t8?,10-/m0/s1. The molecule has 0 heterocycles. The van der Waals surface area contributed by atoms with E-state index < -0.39 is 0 Å². The predicted octanol–water partition coefficient (Wildman–Crippen LogP) is 1.37. The number of rotatable bonds is 5. The number of nitrogens with zero attached hydrogens (tertiary/aromatic N) is 1. The topological polar surface area (TPSA) is 46.3 Å². The molecule has 0 radical (unpaired) electrons. The predicted molar refractivity (Wildman–Crippen MR) is 57.8 cm³/mol. The third kappa shape index (κ3) is 2.71. The van der Waals surface area contributed by atoms with E-state index in [4.69, 9.17) is 5.73 Å². The fourth-order valence-electron chi connectivity index (χ4n) is 1.73. The molecule has 1 amide bonds. The van der Waals surface area contributed by atoms with Crippen molar-refractivity contribution in [3.63, 3.8) is 0 Å². The molecule has 1 aliphatic carbocycles. The first-order valence-electron chi connectivity index (χ1n) is 5.60. The minimum atomic E-state index is -0.0273. The van der Waals surface area contributed by atoms with E-state index in [1.165, 1.54) is 0 Å². The minimum Gasteiger partial charge on any atom is -0.342 e. The molecule has 0 saturated heterocycles. The third-order valence-corrected chi connectivity index (χ3v) is 3.10. The Labute approximate surface area is 86.6 Å². The first kappa shape index (κ1) is 11.5. The molecule has 82 valence electrons. The second-order valence-corrected chi connectivity index (χ2v) is 4.42. The summed E-state index contributed by atoms with van der Waals surface area (Å²) >= 11 is 0. The molecule has 1 saturated carbocycles. The molecule has 3 nitrogen and oxygen atoms in total. The summed E-state index contributed by atoms with van der Waals surface area (Å²) in [6.07, 6.45) is 4.31. The molecule has 1 unspecified atom stereocenters. The Bertz CT molecular complexity index is 201. The van der Waals surface area contributed by atoms with E-state index in [0.29, 0.717) is 6.04 Å². The van der Waals surface area contributed by atoms with Crippen LogP contribution in [0.25, 0.3) is 0 Å². The summed E-state index contributed by atoms with van der Waals surface area (Å²) in [5.41, 5.74) is 5.94. The summed E-state index contributed by atoms with van der Waals surface area (Å²) in [6, 6.07) is 0.521. The summed E-state index contributed by atoms with van der Waals surface area (Å²) < 4.78 is 0. The van der Waals surface area contributed by atoms with Gasteiger partial charge in [0.25, 0.3) is 0 Å². The summed E-state index contributed by atoms with van der Waals surface area (Å²) in [6.45, 7) is 4.04. The molecule has 0 aromatic rings. The zero-order chi connectivity index (χ0) is 10.7. The number of hydrogen-bond acceptors (Lipinski definition) is 2. The molecule has 0 spiro atoms. The van der Waals surface area contributed by atoms with Gasteiger partial charge in [-0.1, -0.05) is 20.3 Å². The Balaban J connectivity index is 2.41. The highest BCUT2D eigenvalue weighted by Gasteiger charge is 2.33. The van der Waals surface area contributed by atoms with Crippen LogP contribution in [-0.2, 0) is 4.79 Å². The van der Waals surface area contributed by atoms with Crippen molar-refractivity contribution in [1.82, 2.24) is 4.90 Å². The zero-order valence-corrected chi connectivity index (χ0v) is 9.49. The monoisotopic (exact) mass is 198 g/mol. The zero-order valence-electron chi connectivity index (χ0n) is 9.49. The molecule has 0 aliphatic heterocycles. The Morgan fingerprint density at radius 3 is 2.57 bits per heavy atom. The quantitative estimate of drug-likeness (QED) is 0.725. The van der Waals surface area contributed by atoms with Gasteiger partial charge in [-0.2, -0.15) is 0 Å². The van der Waals surface area contributed by atoms with Crippen LogP contribution in [0, 0.1) is 5.92 Å². The van der Waals surface area contributed by atoms with Crippen molar-refractivity contribution in [2.45, 2.75) is 51.6 Å². The van der Waals surface area contributed by atoms with Crippen LogP contribution >= 0.6 is 0 Å². The fraction of sp³-hybridized carbons (Fsp3) is 0.909. The van der Waals surface area contributed by atoms with Crippen molar-refractivity contribution < 1.29 is 4.79 Å². The van der Waals surface area contributed by atoms with Gasteiger partial charge in [-0.25, -0.2) is 0 Å². The van der Waals surface area contributed by atoms with Gasteiger partial charge in [0, 0.05) is 19.1 Å². The van der Waals surface area contributed by atoms with Crippen LogP contribution in [0.1, 0.15) is 39.5 Å². The van der Waals surface area contributed by atoms with Crippen LogP contribution in [0.2, 0.25) is 0 Å². The van der Waals surface area contributed by atoms with E-state index in [9.17, 15) is 4.79 Å². The number of nitrogens with two attached hydrogens (primary N) is 1. The molecule has 3 heteroatoms. The lowest BCUT2D eigenvalue weighted by Gasteiger charge is -2.24. The van der Waals surface area contributed by atoms with Crippen molar-refractivity contribution in [2.75, 3.05) is 7.05 Å². The van der Waals surface area contributed by atoms with Gasteiger partial charge in [0.2, 0.25) is 5.91 Å². The average molecular weight is 198 g/mol. The van der Waals surface area contributed by atoms with Crippen molar-refractivity contribution in [2.24, 2.45) is 11.7 Å². The summed E-state index contributed by atoms with van der Waals surface area (Å²) in [7, 11) is 1.90. The Morgan fingerprint density at radius 1 is 1.57 bits per heavy atom. The maximum absolute atomic E-state index is 11.9. The molecule has 1 fully saturated rings. The number of carbonyl (C=O) groups is 1. The normalized spacial score (nSPS) is 20.3. The molecular formula is C11H22N2O. The van der Waals surface area contributed by atoms with E-state index in [1.54, 1.807) is 0 Å². The van der Waals surface area contributed by atoms with Gasteiger partial charge in [0.15, 0.2) is 0 Å². The molecule has 14 heavy (non-hydrogen) atoms. The molecular weight excluding hydrogens is 176 g/mol. The van der Waals surface area contributed by atoms with E-state index in [-0.39, 0.29) is 17.9 Å². The minimum absolute atomic E-state index is 0.0219. The summed E-state index contributed by atoms with van der Waals surface area (Å²) in [4.78, 5) is 13.8. The lowest BCUT2D eigenvalue weighted by atomic mass is 9.97. The molecule has 0 aromatic carbocycles. The molecule has 0 bridgehead atoms. The van der Waals surface area contributed by atoms with Gasteiger partial charge in [-0.15, -0.1) is 0 Å². The molecule has 2 atom stereocenters. The van der Waals surface area contributed by atoms with Gasteiger partial charge >= 0.3 is 0 Å². The molecule has 2 N–H and O–H groups in total. The second kappa shape index (κ2) is 4.78. The fourth-order valence-corrected chi connectivity index (χ4v) is 1.73.